The molecule has 5 nitrogen and oxygen atoms in total. The highest BCUT2D eigenvalue weighted by Crippen LogP contribution is 2.03. The third-order valence-electron chi connectivity index (χ3n) is 2.45. The van der Waals surface area contributed by atoms with Crippen LogP contribution in [-0.4, -0.2) is 36.1 Å². The number of amides is 1. The molecule has 0 bridgehead atoms. The Morgan fingerprint density at radius 3 is 2.50 bits per heavy atom. The number of carbonyl (C=O) groups is 2. The zero-order chi connectivity index (χ0) is 13.4. The SMILES string of the molecule is CCNCC(=O)N[C@H](Cc1ccccc1)C(=O)O. The van der Waals surface area contributed by atoms with Gasteiger partial charge in [0.05, 0.1) is 6.54 Å². The molecule has 0 aliphatic heterocycles. The highest BCUT2D eigenvalue weighted by Gasteiger charge is 2.19. The maximum Gasteiger partial charge on any atom is 0.326 e. The number of hydrogen-bond donors (Lipinski definition) is 3. The van der Waals surface area contributed by atoms with Crippen molar-refractivity contribution in [2.45, 2.75) is 19.4 Å². The van der Waals surface area contributed by atoms with Crippen molar-refractivity contribution in [3.63, 3.8) is 0 Å². The minimum Gasteiger partial charge on any atom is -0.480 e. The Hall–Kier alpha value is -1.88. The zero-order valence-corrected chi connectivity index (χ0v) is 10.3. The van der Waals surface area contributed by atoms with Crippen LogP contribution in [0.5, 0.6) is 0 Å². The van der Waals surface area contributed by atoms with E-state index in [1.54, 1.807) is 0 Å². The molecule has 0 aromatic heterocycles. The van der Waals surface area contributed by atoms with Gasteiger partial charge in [0.2, 0.25) is 5.91 Å². The molecule has 0 fully saturated rings. The van der Waals surface area contributed by atoms with Crippen molar-refractivity contribution < 1.29 is 14.7 Å². The molecule has 0 spiro atoms. The minimum atomic E-state index is -1.02. The molecule has 1 rings (SSSR count). The summed E-state index contributed by atoms with van der Waals surface area (Å²) in [6.45, 7) is 2.69. The van der Waals surface area contributed by atoms with Gasteiger partial charge in [0.1, 0.15) is 6.04 Å². The maximum atomic E-state index is 11.5. The third kappa shape index (κ3) is 4.97. The highest BCUT2D eigenvalue weighted by atomic mass is 16.4. The third-order valence-corrected chi connectivity index (χ3v) is 2.45. The van der Waals surface area contributed by atoms with Gasteiger partial charge in [0.25, 0.3) is 0 Å². The maximum absolute atomic E-state index is 11.5. The van der Waals surface area contributed by atoms with Crippen molar-refractivity contribution >= 4 is 11.9 Å². The lowest BCUT2D eigenvalue weighted by atomic mass is 10.1. The molecule has 3 N–H and O–H groups in total. The molecule has 5 heteroatoms. The average molecular weight is 250 g/mol. The van der Waals surface area contributed by atoms with Gasteiger partial charge in [-0.05, 0) is 12.1 Å². The second kappa shape index (κ2) is 7.45. The lowest BCUT2D eigenvalue weighted by Gasteiger charge is -2.14. The molecule has 1 amide bonds. The number of likely N-dealkylation sites (N-methyl/N-ethyl adjacent to an activating group) is 1. The molecule has 0 saturated heterocycles. The number of hydrogen-bond acceptors (Lipinski definition) is 3. The van der Waals surface area contributed by atoms with Crippen LogP contribution in [-0.2, 0) is 16.0 Å². The van der Waals surface area contributed by atoms with E-state index < -0.39 is 12.0 Å². The fourth-order valence-electron chi connectivity index (χ4n) is 1.53. The van der Waals surface area contributed by atoms with Crippen LogP contribution >= 0.6 is 0 Å². The predicted octanol–water partition coefficient (Wildman–Crippen LogP) is 0.408. The number of nitrogens with one attached hydrogen (secondary N) is 2. The van der Waals surface area contributed by atoms with Crippen LogP contribution in [0.15, 0.2) is 30.3 Å². The lowest BCUT2D eigenvalue weighted by molar-refractivity contribution is -0.141. The Kier molecular flexibility index (Phi) is 5.87. The summed E-state index contributed by atoms with van der Waals surface area (Å²) in [6, 6.07) is 8.34. The summed E-state index contributed by atoms with van der Waals surface area (Å²) in [7, 11) is 0. The molecule has 0 heterocycles. The normalized spacial score (nSPS) is 11.8. The van der Waals surface area contributed by atoms with E-state index in [0.717, 1.165) is 5.56 Å². The van der Waals surface area contributed by atoms with Crippen molar-refractivity contribution in [3.05, 3.63) is 35.9 Å². The van der Waals surface area contributed by atoms with Crippen LogP contribution < -0.4 is 10.6 Å². The van der Waals surface area contributed by atoms with Gasteiger partial charge in [-0.3, -0.25) is 4.79 Å². The first kappa shape index (κ1) is 14.2. The van der Waals surface area contributed by atoms with Crippen molar-refractivity contribution in [1.29, 1.82) is 0 Å². The highest BCUT2D eigenvalue weighted by molar-refractivity contribution is 5.84. The summed E-state index contributed by atoms with van der Waals surface area (Å²) in [4.78, 5) is 22.5. The molecule has 0 radical (unpaired) electrons. The number of rotatable bonds is 7. The minimum absolute atomic E-state index is 0.134. The molecule has 0 unspecified atom stereocenters. The molecule has 18 heavy (non-hydrogen) atoms. The van der Waals surface area contributed by atoms with Crippen molar-refractivity contribution in [1.82, 2.24) is 10.6 Å². The zero-order valence-electron chi connectivity index (χ0n) is 10.3. The monoisotopic (exact) mass is 250 g/mol. The van der Waals surface area contributed by atoms with E-state index >= 15 is 0 Å². The van der Waals surface area contributed by atoms with E-state index in [1.165, 1.54) is 0 Å². The first-order valence-electron chi connectivity index (χ1n) is 5.90. The van der Waals surface area contributed by atoms with Crippen LogP contribution in [0.3, 0.4) is 0 Å². The van der Waals surface area contributed by atoms with Gasteiger partial charge in [-0.1, -0.05) is 37.3 Å². The van der Waals surface area contributed by atoms with E-state index in [1.807, 2.05) is 37.3 Å². The molecule has 0 saturated carbocycles. The molecule has 0 aliphatic rings. The van der Waals surface area contributed by atoms with Crippen molar-refractivity contribution in [2.75, 3.05) is 13.1 Å². The van der Waals surface area contributed by atoms with Crippen LogP contribution in [0.25, 0.3) is 0 Å². The fourth-order valence-corrected chi connectivity index (χ4v) is 1.53. The number of carbonyl (C=O) groups excluding carboxylic acids is 1. The Labute approximate surface area is 106 Å². The van der Waals surface area contributed by atoms with Gasteiger partial charge < -0.3 is 15.7 Å². The van der Waals surface area contributed by atoms with Gasteiger partial charge in [0, 0.05) is 6.42 Å². The number of carboxylic acid groups (broad SMARTS) is 1. The predicted molar refractivity (Wildman–Crippen MR) is 68.3 cm³/mol. The Morgan fingerprint density at radius 2 is 1.94 bits per heavy atom. The van der Waals surface area contributed by atoms with Crippen LogP contribution in [0.2, 0.25) is 0 Å². The molecule has 1 aromatic rings. The van der Waals surface area contributed by atoms with E-state index in [0.29, 0.717) is 6.54 Å². The molecule has 98 valence electrons. The molecule has 0 aliphatic carbocycles. The van der Waals surface area contributed by atoms with E-state index in [9.17, 15) is 9.59 Å². The number of benzene rings is 1. The summed E-state index contributed by atoms with van der Waals surface area (Å²) < 4.78 is 0. The Bertz CT molecular complexity index is 392. The van der Waals surface area contributed by atoms with E-state index in [4.69, 9.17) is 5.11 Å². The molecular formula is C13H18N2O3. The van der Waals surface area contributed by atoms with Gasteiger partial charge in [-0.25, -0.2) is 4.79 Å². The smallest absolute Gasteiger partial charge is 0.326 e. The number of carboxylic acids is 1. The lowest BCUT2D eigenvalue weighted by Crippen LogP contribution is -2.45. The summed E-state index contributed by atoms with van der Waals surface area (Å²) in [5.41, 5.74) is 0.883. The van der Waals surface area contributed by atoms with Gasteiger partial charge in [-0.15, -0.1) is 0 Å². The average Bonchev–Trinajstić information content (AvgIpc) is 2.36. The van der Waals surface area contributed by atoms with Crippen LogP contribution in [0, 0.1) is 0 Å². The largest absolute Gasteiger partial charge is 0.480 e. The summed E-state index contributed by atoms with van der Waals surface area (Å²) >= 11 is 0. The Morgan fingerprint density at radius 1 is 1.28 bits per heavy atom. The quantitative estimate of drug-likeness (QED) is 0.655. The first-order valence-corrected chi connectivity index (χ1v) is 5.90. The van der Waals surface area contributed by atoms with Gasteiger partial charge in [0.15, 0.2) is 0 Å². The van der Waals surface area contributed by atoms with Crippen molar-refractivity contribution in [2.24, 2.45) is 0 Å². The van der Waals surface area contributed by atoms with E-state index in [-0.39, 0.29) is 18.9 Å². The van der Waals surface area contributed by atoms with Gasteiger partial charge in [-0.2, -0.15) is 0 Å². The Balaban J connectivity index is 2.55. The van der Waals surface area contributed by atoms with Crippen LogP contribution in [0.1, 0.15) is 12.5 Å². The fraction of sp³-hybridized carbons (Fsp3) is 0.385. The second-order valence-corrected chi connectivity index (χ2v) is 3.93. The standard InChI is InChI=1S/C13H18N2O3/c1-2-14-9-12(16)15-11(13(17)18)8-10-6-4-3-5-7-10/h3-7,11,14H,2,8-9H2,1H3,(H,15,16)(H,17,18)/t11-/m1/s1. The molecule has 1 aromatic carbocycles. The van der Waals surface area contributed by atoms with Gasteiger partial charge >= 0.3 is 5.97 Å². The second-order valence-electron chi connectivity index (χ2n) is 3.93. The van der Waals surface area contributed by atoms with E-state index in [2.05, 4.69) is 10.6 Å². The van der Waals surface area contributed by atoms with Crippen molar-refractivity contribution in [3.8, 4) is 0 Å². The molecule has 1 atom stereocenters. The topological polar surface area (TPSA) is 78.4 Å². The summed E-state index contributed by atoms with van der Waals surface area (Å²) in [5, 5.41) is 14.4. The first-order chi connectivity index (χ1) is 8.63. The van der Waals surface area contributed by atoms with Crippen LogP contribution in [0.4, 0.5) is 0 Å². The molecular weight excluding hydrogens is 232 g/mol. The summed E-state index contributed by atoms with van der Waals surface area (Å²) in [6.07, 6.45) is 0.286. The summed E-state index contributed by atoms with van der Waals surface area (Å²) in [5.74, 6) is -1.33. The number of aliphatic carboxylic acids is 1.